The SMILES string of the molecule is C/C=C/COc1cc(C)c(OCCOCc2ccc(CC/C=N/OC)cc2)c(C)c1. The van der Waals surface area contributed by atoms with Gasteiger partial charge in [0.25, 0.3) is 0 Å². The third kappa shape index (κ3) is 8.29. The van der Waals surface area contributed by atoms with Crippen LogP contribution in [0.2, 0.25) is 0 Å². The number of nitrogens with zero attached hydrogens (tertiary/aromatic N) is 1. The molecule has 2 aromatic carbocycles. The van der Waals surface area contributed by atoms with E-state index >= 15 is 0 Å². The lowest BCUT2D eigenvalue weighted by atomic mass is 10.1. The van der Waals surface area contributed by atoms with Crippen LogP contribution in [0.4, 0.5) is 0 Å². The van der Waals surface area contributed by atoms with Crippen LogP contribution in [0.1, 0.15) is 35.6 Å². The summed E-state index contributed by atoms with van der Waals surface area (Å²) < 4.78 is 17.4. The Labute approximate surface area is 180 Å². The molecule has 0 unspecified atom stereocenters. The van der Waals surface area contributed by atoms with Crippen LogP contribution in [0.5, 0.6) is 11.5 Å². The second-order valence-corrected chi connectivity index (χ2v) is 6.99. The van der Waals surface area contributed by atoms with Crippen LogP contribution in [0.25, 0.3) is 0 Å². The smallest absolute Gasteiger partial charge is 0.125 e. The summed E-state index contributed by atoms with van der Waals surface area (Å²) >= 11 is 0. The number of rotatable bonds is 13. The van der Waals surface area contributed by atoms with Crippen molar-refractivity contribution in [2.75, 3.05) is 26.9 Å². The van der Waals surface area contributed by atoms with E-state index in [1.165, 1.54) is 5.56 Å². The Morgan fingerprint density at radius 1 is 0.933 bits per heavy atom. The molecular formula is C25H33NO4. The third-order valence-electron chi connectivity index (χ3n) is 4.52. The van der Waals surface area contributed by atoms with E-state index in [1.54, 1.807) is 13.3 Å². The van der Waals surface area contributed by atoms with Crippen molar-refractivity contribution in [3.63, 3.8) is 0 Å². The zero-order chi connectivity index (χ0) is 21.6. The fraction of sp³-hybridized carbons (Fsp3) is 0.400. The molecule has 162 valence electrons. The van der Waals surface area contributed by atoms with Crippen molar-refractivity contribution >= 4 is 6.21 Å². The van der Waals surface area contributed by atoms with Crippen molar-refractivity contribution in [3.8, 4) is 11.5 Å². The first-order valence-electron chi connectivity index (χ1n) is 10.3. The van der Waals surface area contributed by atoms with Crippen molar-refractivity contribution < 1.29 is 19.0 Å². The predicted octanol–water partition coefficient (Wildman–Crippen LogP) is 5.42. The fourth-order valence-corrected chi connectivity index (χ4v) is 3.02. The molecule has 0 atom stereocenters. The molecule has 0 radical (unpaired) electrons. The Bertz CT molecular complexity index is 789. The summed E-state index contributed by atoms with van der Waals surface area (Å²) in [5.74, 6) is 1.76. The summed E-state index contributed by atoms with van der Waals surface area (Å²) in [5, 5.41) is 3.75. The number of ether oxygens (including phenoxy) is 3. The number of aryl methyl sites for hydroxylation is 3. The molecule has 0 fully saturated rings. The molecular weight excluding hydrogens is 378 g/mol. The van der Waals surface area contributed by atoms with E-state index in [9.17, 15) is 0 Å². The first-order valence-corrected chi connectivity index (χ1v) is 10.3. The molecule has 2 rings (SSSR count). The Hall–Kier alpha value is -2.79. The molecule has 0 N–H and O–H groups in total. The molecule has 2 aromatic rings. The van der Waals surface area contributed by atoms with Crippen molar-refractivity contribution in [1.29, 1.82) is 0 Å². The average molecular weight is 412 g/mol. The standard InChI is InChI=1S/C25H33NO4/c1-5-6-14-29-24-17-20(2)25(21(3)18-24)30-16-15-28-19-23-11-9-22(10-12-23)8-7-13-26-27-4/h5-6,9-13,17-18H,7-8,14-16,19H2,1-4H3/b6-5+,26-13+. The summed E-state index contributed by atoms with van der Waals surface area (Å²) in [4.78, 5) is 4.66. The summed E-state index contributed by atoms with van der Waals surface area (Å²) in [5.41, 5.74) is 4.56. The van der Waals surface area contributed by atoms with Gasteiger partial charge in [-0.2, -0.15) is 0 Å². The lowest BCUT2D eigenvalue weighted by Crippen LogP contribution is -2.08. The molecule has 0 spiro atoms. The lowest BCUT2D eigenvalue weighted by Gasteiger charge is -2.14. The predicted molar refractivity (Wildman–Crippen MR) is 122 cm³/mol. The highest BCUT2D eigenvalue weighted by molar-refractivity contribution is 5.56. The van der Waals surface area contributed by atoms with Gasteiger partial charge in [0.2, 0.25) is 0 Å². The minimum Gasteiger partial charge on any atom is -0.491 e. The van der Waals surface area contributed by atoms with Crippen LogP contribution in [-0.4, -0.2) is 33.1 Å². The van der Waals surface area contributed by atoms with Gasteiger partial charge in [-0.3, -0.25) is 0 Å². The molecule has 0 saturated carbocycles. The van der Waals surface area contributed by atoms with Crippen molar-refractivity contribution in [3.05, 3.63) is 70.8 Å². The molecule has 5 heteroatoms. The number of hydrogen-bond donors (Lipinski definition) is 0. The average Bonchev–Trinajstić information content (AvgIpc) is 2.74. The van der Waals surface area contributed by atoms with Gasteiger partial charge in [-0.25, -0.2) is 0 Å². The molecule has 0 amide bonds. The van der Waals surface area contributed by atoms with Gasteiger partial charge in [0.05, 0.1) is 13.2 Å². The highest BCUT2D eigenvalue weighted by Crippen LogP contribution is 2.28. The van der Waals surface area contributed by atoms with E-state index in [4.69, 9.17) is 14.2 Å². The van der Waals surface area contributed by atoms with Crippen molar-refractivity contribution in [1.82, 2.24) is 0 Å². The van der Waals surface area contributed by atoms with Gasteiger partial charge in [0.15, 0.2) is 0 Å². The minimum absolute atomic E-state index is 0.511. The quantitative estimate of drug-likeness (QED) is 0.191. The van der Waals surface area contributed by atoms with E-state index in [0.29, 0.717) is 26.4 Å². The zero-order valence-electron chi connectivity index (χ0n) is 18.5. The second kappa shape index (κ2) is 13.4. The fourth-order valence-electron chi connectivity index (χ4n) is 3.02. The normalized spacial score (nSPS) is 11.3. The van der Waals surface area contributed by atoms with Gasteiger partial charge in [0, 0.05) is 6.21 Å². The van der Waals surface area contributed by atoms with Crippen molar-refractivity contribution in [2.24, 2.45) is 5.16 Å². The van der Waals surface area contributed by atoms with Gasteiger partial charge in [-0.1, -0.05) is 41.6 Å². The molecule has 0 aliphatic rings. The van der Waals surface area contributed by atoms with Crippen LogP contribution in [0.3, 0.4) is 0 Å². The number of allylic oxidation sites excluding steroid dienone is 1. The molecule has 0 aliphatic carbocycles. The number of oxime groups is 1. The second-order valence-electron chi connectivity index (χ2n) is 6.99. The van der Waals surface area contributed by atoms with Gasteiger partial charge < -0.3 is 19.0 Å². The highest BCUT2D eigenvalue weighted by Gasteiger charge is 2.07. The zero-order valence-corrected chi connectivity index (χ0v) is 18.5. The molecule has 0 bridgehead atoms. The lowest BCUT2D eigenvalue weighted by molar-refractivity contribution is 0.0884. The molecule has 0 aliphatic heterocycles. The molecule has 0 saturated heterocycles. The van der Waals surface area contributed by atoms with Crippen LogP contribution in [0.15, 0.2) is 53.7 Å². The maximum atomic E-state index is 5.95. The largest absolute Gasteiger partial charge is 0.491 e. The summed E-state index contributed by atoms with van der Waals surface area (Å²) in [6, 6.07) is 12.5. The molecule has 5 nitrogen and oxygen atoms in total. The molecule has 0 aromatic heterocycles. The Morgan fingerprint density at radius 3 is 2.30 bits per heavy atom. The van der Waals surface area contributed by atoms with E-state index in [2.05, 4.69) is 34.3 Å². The molecule has 0 heterocycles. The van der Waals surface area contributed by atoms with E-state index in [-0.39, 0.29) is 0 Å². The van der Waals surface area contributed by atoms with Gasteiger partial charge >= 0.3 is 0 Å². The van der Waals surface area contributed by atoms with E-state index in [1.807, 2.05) is 45.1 Å². The first kappa shape index (κ1) is 23.5. The van der Waals surface area contributed by atoms with E-state index in [0.717, 1.165) is 41.0 Å². The van der Waals surface area contributed by atoms with Gasteiger partial charge in [-0.05, 0) is 68.0 Å². The first-order chi connectivity index (χ1) is 14.6. The Kier molecular flexibility index (Phi) is 10.5. The Morgan fingerprint density at radius 2 is 1.63 bits per heavy atom. The minimum atomic E-state index is 0.511. The van der Waals surface area contributed by atoms with Crippen LogP contribution in [0, 0.1) is 13.8 Å². The topological polar surface area (TPSA) is 49.3 Å². The summed E-state index contributed by atoms with van der Waals surface area (Å²) in [6.07, 6.45) is 7.55. The third-order valence-corrected chi connectivity index (χ3v) is 4.52. The van der Waals surface area contributed by atoms with Crippen LogP contribution < -0.4 is 9.47 Å². The summed E-state index contributed by atoms with van der Waals surface area (Å²) in [7, 11) is 1.55. The van der Waals surface area contributed by atoms with Gasteiger partial charge in [0.1, 0.15) is 31.8 Å². The monoisotopic (exact) mass is 411 g/mol. The number of benzene rings is 2. The maximum absolute atomic E-state index is 5.95. The number of hydrogen-bond acceptors (Lipinski definition) is 5. The van der Waals surface area contributed by atoms with Crippen molar-refractivity contribution in [2.45, 2.75) is 40.2 Å². The van der Waals surface area contributed by atoms with Gasteiger partial charge in [-0.15, -0.1) is 0 Å². The summed E-state index contributed by atoms with van der Waals surface area (Å²) in [6.45, 7) is 8.25. The molecule has 30 heavy (non-hydrogen) atoms. The van der Waals surface area contributed by atoms with E-state index < -0.39 is 0 Å². The Balaban J connectivity index is 1.71. The van der Waals surface area contributed by atoms with Crippen LogP contribution in [-0.2, 0) is 22.6 Å². The maximum Gasteiger partial charge on any atom is 0.125 e. The van der Waals surface area contributed by atoms with Crippen LogP contribution >= 0.6 is 0 Å². The highest BCUT2D eigenvalue weighted by atomic mass is 16.6.